The fourth-order valence-electron chi connectivity index (χ4n) is 2.15. The van der Waals surface area contributed by atoms with Crippen molar-refractivity contribution < 1.29 is 24.9 Å². The van der Waals surface area contributed by atoms with Crippen LogP contribution in [-0.4, -0.2) is 55.0 Å². The van der Waals surface area contributed by atoms with Crippen molar-refractivity contribution in [3.05, 3.63) is 38.7 Å². The second-order valence-electron chi connectivity index (χ2n) is 4.67. The average Bonchev–Trinajstić information content (AvgIpc) is 2.75. The number of nitrogens with zero attached hydrogens (tertiary/aromatic N) is 1. The molecule has 0 bridgehead atoms. The number of aliphatic hydroxyl groups excluding tert-OH is 2. The Morgan fingerprint density at radius 1 is 1.59 bits per heavy atom. The van der Waals surface area contributed by atoms with Gasteiger partial charge in [0.05, 0.1) is 29.7 Å². The van der Waals surface area contributed by atoms with Crippen molar-refractivity contribution in [2.75, 3.05) is 13.2 Å². The van der Waals surface area contributed by atoms with Gasteiger partial charge in [-0.2, -0.15) is 0 Å². The lowest BCUT2D eigenvalue weighted by atomic mass is 10.1. The molecule has 4 N–H and O–H groups in total. The molecule has 0 saturated carbocycles. The fourth-order valence-corrected chi connectivity index (χ4v) is 2.80. The summed E-state index contributed by atoms with van der Waals surface area (Å²) in [5.41, 5.74) is -3.35. The van der Waals surface area contributed by atoms with Crippen molar-refractivity contribution in [3.8, 4) is 0 Å². The van der Waals surface area contributed by atoms with Crippen LogP contribution in [0.2, 0.25) is 0 Å². The number of aromatic nitrogens is 2. The fraction of sp³-hybridized carbons (Fsp3) is 0.417. The number of rotatable bonds is 4. The molecule has 3 atom stereocenters. The molecule has 0 aliphatic carbocycles. The van der Waals surface area contributed by atoms with Crippen molar-refractivity contribution in [2.24, 2.45) is 0 Å². The Balaban J connectivity index is 2.60. The number of carboxylic acid groups (broad SMARTS) is 1. The molecular weight excluding hydrogens is 364 g/mol. The van der Waals surface area contributed by atoms with Gasteiger partial charge in [0.1, 0.15) is 0 Å². The Morgan fingerprint density at radius 3 is 2.77 bits per heavy atom. The van der Waals surface area contributed by atoms with Crippen LogP contribution in [0.1, 0.15) is 5.56 Å². The first-order valence-electron chi connectivity index (χ1n) is 6.16. The first-order valence-corrected chi connectivity index (χ1v) is 7.08. The normalized spacial score (nSPS) is 28.3. The lowest BCUT2D eigenvalue weighted by Gasteiger charge is -2.31. The summed E-state index contributed by atoms with van der Waals surface area (Å²) in [7, 11) is 0. The zero-order chi connectivity index (χ0) is 16.5. The second kappa shape index (κ2) is 6.16. The van der Waals surface area contributed by atoms with Crippen LogP contribution in [0.3, 0.4) is 0 Å². The Kier molecular flexibility index (Phi) is 4.66. The topological polar surface area (TPSA) is 142 Å². The van der Waals surface area contributed by atoms with Gasteiger partial charge in [0.2, 0.25) is 0 Å². The predicted molar refractivity (Wildman–Crippen MR) is 77.7 cm³/mol. The van der Waals surface area contributed by atoms with Crippen molar-refractivity contribution >= 4 is 28.0 Å². The number of carboxylic acids is 1. The highest BCUT2D eigenvalue weighted by Gasteiger charge is 2.50. The van der Waals surface area contributed by atoms with E-state index in [2.05, 4.69) is 15.9 Å². The highest BCUT2D eigenvalue weighted by Crippen LogP contribution is 2.35. The molecule has 1 fully saturated rings. The number of halogens is 1. The van der Waals surface area contributed by atoms with Gasteiger partial charge in [-0.05, 0) is 6.08 Å². The van der Waals surface area contributed by atoms with Crippen molar-refractivity contribution in [1.82, 2.24) is 9.55 Å². The molecule has 0 unspecified atom stereocenters. The van der Waals surface area contributed by atoms with Crippen LogP contribution in [0.25, 0.3) is 6.08 Å². The number of ether oxygens (including phenoxy) is 1. The van der Waals surface area contributed by atoms with Crippen LogP contribution in [0.15, 0.2) is 21.9 Å². The minimum Gasteiger partial charge on any atom is -0.478 e. The molecule has 0 radical (unpaired) electrons. The number of aliphatic carboxylic acids is 1. The zero-order valence-corrected chi connectivity index (χ0v) is 12.7. The van der Waals surface area contributed by atoms with Crippen molar-refractivity contribution in [3.63, 3.8) is 0 Å². The van der Waals surface area contributed by atoms with E-state index in [1.54, 1.807) is 0 Å². The van der Waals surface area contributed by atoms with Crippen LogP contribution in [0, 0.1) is 0 Å². The minimum atomic E-state index is -1.60. The predicted octanol–water partition coefficient (Wildman–Crippen LogP) is -1.57. The summed E-state index contributed by atoms with van der Waals surface area (Å²) in [5.74, 6) is -1.26. The van der Waals surface area contributed by atoms with Gasteiger partial charge >= 0.3 is 11.7 Å². The number of aliphatic hydroxyl groups is 2. The SMILES string of the molecule is O=C(O)C=Cc1cn([C@@]2(CO)OC[C@H](O)[C@H]2Br)c(=O)[nH]c1=O. The Morgan fingerprint density at radius 2 is 2.27 bits per heavy atom. The lowest BCUT2D eigenvalue weighted by molar-refractivity contribution is -0.131. The van der Waals surface area contributed by atoms with E-state index in [4.69, 9.17) is 9.84 Å². The monoisotopic (exact) mass is 376 g/mol. The maximum atomic E-state index is 12.0. The second-order valence-corrected chi connectivity index (χ2v) is 5.65. The van der Waals surface area contributed by atoms with Gasteiger partial charge in [-0.25, -0.2) is 9.59 Å². The minimum absolute atomic E-state index is 0.112. The summed E-state index contributed by atoms with van der Waals surface area (Å²) >= 11 is 3.16. The third-order valence-corrected chi connectivity index (χ3v) is 4.61. The molecule has 1 aliphatic rings. The van der Waals surface area contributed by atoms with Gasteiger partial charge in [-0.15, -0.1) is 0 Å². The van der Waals surface area contributed by atoms with E-state index in [0.29, 0.717) is 0 Å². The number of nitrogens with one attached hydrogen (secondary N) is 1. The average molecular weight is 377 g/mol. The Hall–Kier alpha value is -1.75. The van der Waals surface area contributed by atoms with E-state index in [-0.39, 0.29) is 12.2 Å². The molecular formula is C12H13BrN2O7. The van der Waals surface area contributed by atoms with E-state index < -0.39 is 40.5 Å². The standard InChI is InChI=1S/C12H13BrN2O7/c13-9-7(17)4-22-12(9,5-16)15-3-6(1-2-8(18)19)10(20)14-11(15)21/h1-3,7,9,16-17H,4-5H2,(H,18,19)(H,14,20,21)/t7-,9+,12-/m0/s1. The van der Waals surface area contributed by atoms with Crippen LogP contribution < -0.4 is 11.2 Å². The molecule has 0 spiro atoms. The van der Waals surface area contributed by atoms with Crippen molar-refractivity contribution in [2.45, 2.75) is 16.7 Å². The van der Waals surface area contributed by atoms with Gasteiger partial charge in [-0.1, -0.05) is 15.9 Å². The molecule has 0 amide bonds. The van der Waals surface area contributed by atoms with E-state index in [0.717, 1.165) is 22.9 Å². The Bertz CT molecular complexity index is 725. The summed E-state index contributed by atoms with van der Waals surface area (Å²) in [5, 5.41) is 28.0. The summed E-state index contributed by atoms with van der Waals surface area (Å²) in [6, 6.07) is 0. The van der Waals surface area contributed by atoms with E-state index in [9.17, 15) is 24.6 Å². The molecule has 0 aromatic carbocycles. The van der Waals surface area contributed by atoms with E-state index >= 15 is 0 Å². The molecule has 1 aromatic rings. The largest absolute Gasteiger partial charge is 0.478 e. The van der Waals surface area contributed by atoms with Gasteiger partial charge < -0.3 is 20.1 Å². The molecule has 10 heteroatoms. The van der Waals surface area contributed by atoms with Crippen LogP contribution in [0.5, 0.6) is 0 Å². The number of alkyl halides is 1. The Labute approximate surface area is 131 Å². The highest BCUT2D eigenvalue weighted by molar-refractivity contribution is 9.09. The van der Waals surface area contributed by atoms with Gasteiger partial charge in [-0.3, -0.25) is 14.3 Å². The highest BCUT2D eigenvalue weighted by atomic mass is 79.9. The summed E-state index contributed by atoms with van der Waals surface area (Å²) < 4.78 is 6.28. The molecule has 9 nitrogen and oxygen atoms in total. The lowest BCUT2D eigenvalue weighted by Crippen LogP contribution is -2.52. The summed E-state index contributed by atoms with van der Waals surface area (Å²) in [6.45, 7) is -0.768. The van der Waals surface area contributed by atoms with E-state index in [1.807, 2.05) is 4.98 Å². The van der Waals surface area contributed by atoms with E-state index in [1.165, 1.54) is 0 Å². The summed E-state index contributed by atoms with van der Waals surface area (Å²) in [6.07, 6.45) is 1.85. The molecule has 2 rings (SSSR count). The third-order valence-electron chi connectivity index (χ3n) is 3.28. The number of H-pyrrole nitrogens is 1. The molecule has 1 aliphatic heterocycles. The molecule has 120 valence electrons. The number of hydrogen-bond acceptors (Lipinski definition) is 6. The third kappa shape index (κ3) is 2.77. The molecule has 1 aromatic heterocycles. The molecule has 1 saturated heterocycles. The van der Waals surface area contributed by atoms with Crippen molar-refractivity contribution in [1.29, 1.82) is 0 Å². The van der Waals surface area contributed by atoms with Gasteiger partial charge in [0, 0.05) is 12.3 Å². The molecule has 22 heavy (non-hydrogen) atoms. The number of aromatic amines is 1. The summed E-state index contributed by atoms with van der Waals surface area (Å²) in [4.78, 5) is 35.4. The van der Waals surface area contributed by atoms with Gasteiger partial charge in [0.15, 0.2) is 5.72 Å². The number of carbonyl (C=O) groups is 1. The first-order chi connectivity index (χ1) is 10.3. The maximum Gasteiger partial charge on any atom is 0.330 e. The van der Waals surface area contributed by atoms with Gasteiger partial charge in [0.25, 0.3) is 5.56 Å². The van der Waals surface area contributed by atoms with Crippen LogP contribution >= 0.6 is 15.9 Å². The quantitative estimate of drug-likeness (QED) is 0.367. The first kappa shape index (κ1) is 16.6. The maximum absolute atomic E-state index is 12.0. The zero-order valence-electron chi connectivity index (χ0n) is 11.1. The van der Waals surface area contributed by atoms with Crippen LogP contribution in [-0.2, 0) is 15.3 Å². The smallest absolute Gasteiger partial charge is 0.330 e. The molecule has 2 heterocycles. The van der Waals surface area contributed by atoms with Crippen LogP contribution in [0.4, 0.5) is 0 Å². The number of hydrogen-bond donors (Lipinski definition) is 4.